The first kappa shape index (κ1) is 16.9. The van der Waals surface area contributed by atoms with Gasteiger partial charge in [0, 0.05) is 31.7 Å². The van der Waals surface area contributed by atoms with Crippen molar-refractivity contribution in [3.63, 3.8) is 0 Å². The third kappa shape index (κ3) is 4.32. The van der Waals surface area contributed by atoms with Gasteiger partial charge in [0.2, 0.25) is 6.41 Å². The Bertz CT molecular complexity index is 486. The minimum Gasteiger partial charge on any atom is -0.356 e. The van der Waals surface area contributed by atoms with Gasteiger partial charge >= 0.3 is 0 Å². The van der Waals surface area contributed by atoms with E-state index in [1.165, 1.54) is 12.0 Å². The molecule has 0 spiro atoms. The summed E-state index contributed by atoms with van der Waals surface area (Å²) in [6, 6.07) is 11.4. The van der Waals surface area contributed by atoms with E-state index in [4.69, 9.17) is 4.74 Å². The molecular weight excluding hydrogens is 288 g/mol. The van der Waals surface area contributed by atoms with E-state index in [0.717, 1.165) is 32.5 Å². The molecule has 23 heavy (non-hydrogen) atoms. The Morgan fingerprint density at radius 3 is 2.30 bits per heavy atom. The Morgan fingerprint density at radius 1 is 1.13 bits per heavy atom. The normalized spacial score (nSPS) is 27.8. The SMILES string of the molecule is CC(C)(C)OC(O)N1C2CCCC1CN(Cc1ccccc1)C2. The van der Waals surface area contributed by atoms with Crippen LogP contribution in [0.1, 0.15) is 45.6 Å². The highest BCUT2D eigenvalue weighted by molar-refractivity contribution is 5.14. The van der Waals surface area contributed by atoms with Crippen LogP contribution in [0, 0.1) is 0 Å². The van der Waals surface area contributed by atoms with Crippen molar-refractivity contribution >= 4 is 0 Å². The van der Waals surface area contributed by atoms with E-state index in [0.29, 0.717) is 12.1 Å². The summed E-state index contributed by atoms with van der Waals surface area (Å²) in [5.74, 6) is 0. The van der Waals surface area contributed by atoms with Crippen molar-refractivity contribution < 1.29 is 9.84 Å². The van der Waals surface area contributed by atoms with E-state index >= 15 is 0 Å². The Labute approximate surface area is 140 Å². The van der Waals surface area contributed by atoms with Crippen LogP contribution >= 0.6 is 0 Å². The molecule has 0 amide bonds. The van der Waals surface area contributed by atoms with Crippen LogP contribution in [-0.2, 0) is 11.3 Å². The maximum Gasteiger partial charge on any atom is 0.217 e. The second kappa shape index (κ2) is 6.89. The summed E-state index contributed by atoms with van der Waals surface area (Å²) in [4.78, 5) is 4.75. The molecule has 3 atom stereocenters. The monoisotopic (exact) mass is 318 g/mol. The van der Waals surface area contributed by atoms with E-state index in [9.17, 15) is 5.11 Å². The smallest absolute Gasteiger partial charge is 0.217 e. The molecule has 4 heteroatoms. The number of hydrogen-bond acceptors (Lipinski definition) is 4. The summed E-state index contributed by atoms with van der Waals surface area (Å²) in [6.07, 6.45) is 2.76. The van der Waals surface area contributed by atoms with Crippen LogP contribution in [0.5, 0.6) is 0 Å². The van der Waals surface area contributed by atoms with Gasteiger partial charge in [-0.15, -0.1) is 0 Å². The number of piperidine rings is 1. The molecule has 2 saturated heterocycles. The second-order valence-electron chi connectivity index (χ2n) is 7.92. The summed E-state index contributed by atoms with van der Waals surface area (Å²) >= 11 is 0. The summed E-state index contributed by atoms with van der Waals surface area (Å²) in [7, 11) is 0. The predicted octanol–water partition coefficient (Wildman–Crippen LogP) is 2.82. The maximum atomic E-state index is 10.6. The number of rotatable bonds is 4. The molecule has 2 bridgehead atoms. The minimum atomic E-state index is -0.788. The van der Waals surface area contributed by atoms with Gasteiger partial charge in [-0.1, -0.05) is 36.8 Å². The van der Waals surface area contributed by atoms with Gasteiger partial charge in [-0.2, -0.15) is 0 Å². The lowest BCUT2D eigenvalue weighted by Gasteiger charge is -2.52. The minimum absolute atomic E-state index is 0.325. The zero-order valence-electron chi connectivity index (χ0n) is 14.6. The number of ether oxygens (including phenoxy) is 1. The number of aliphatic hydroxyl groups is 1. The summed E-state index contributed by atoms with van der Waals surface area (Å²) < 4.78 is 5.83. The molecule has 0 saturated carbocycles. The third-order valence-corrected chi connectivity index (χ3v) is 4.82. The van der Waals surface area contributed by atoms with Crippen LogP contribution in [0.2, 0.25) is 0 Å². The highest BCUT2D eigenvalue weighted by Gasteiger charge is 2.41. The fourth-order valence-electron chi connectivity index (χ4n) is 3.94. The zero-order chi connectivity index (χ0) is 16.4. The Kier molecular flexibility index (Phi) is 5.07. The molecule has 3 rings (SSSR count). The van der Waals surface area contributed by atoms with Crippen molar-refractivity contribution in [3.05, 3.63) is 35.9 Å². The van der Waals surface area contributed by atoms with Gasteiger partial charge < -0.3 is 9.84 Å². The third-order valence-electron chi connectivity index (χ3n) is 4.82. The second-order valence-corrected chi connectivity index (χ2v) is 7.92. The Hall–Kier alpha value is -0.940. The average molecular weight is 318 g/mol. The highest BCUT2D eigenvalue weighted by atomic mass is 16.6. The molecule has 2 heterocycles. The average Bonchev–Trinajstić information content (AvgIpc) is 2.45. The first-order valence-corrected chi connectivity index (χ1v) is 8.82. The molecule has 2 aliphatic rings. The van der Waals surface area contributed by atoms with Gasteiger partial charge in [0.25, 0.3) is 0 Å². The largest absolute Gasteiger partial charge is 0.356 e. The van der Waals surface area contributed by atoms with Crippen molar-refractivity contribution in [1.82, 2.24) is 9.80 Å². The lowest BCUT2D eigenvalue weighted by atomic mass is 9.91. The first-order chi connectivity index (χ1) is 10.9. The van der Waals surface area contributed by atoms with Gasteiger partial charge in [-0.3, -0.25) is 4.90 Å². The number of benzene rings is 1. The van der Waals surface area contributed by atoms with E-state index < -0.39 is 6.41 Å². The standard InChI is InChI=1S/C19H30N2O2/c1-19(2,3)23-18(22)21-16-10-7-11-17(21)14-20(13-16)12-15-8-5-4-6-9-15/h4-6,8-9,16-18,22H,7,10-14H2,1-3H3. The molecule has 3 unspecified atom stereocenters. The van der Waals surface area contributed by atoms with Crippen molar-refractivity contribution in [3.8, 4) is 0 Å². The molecule has 1 aromatic rings. The topological polar surface area (TPSA) is 35.9 Å². The van der Waals surface area contributed by atoms with Crippen LogP contribution in [-0.4, -0.2) is 52.1 Å². The van der Waals surface area contributed by atoms with Crippen molar-refractivity contribution in [1.29, 1.82) is 0 Å². The van der Waals surface area contributed by atoms with Gasteiger partial charge in [-0.05, 0) is 39.2 Å². The number of aliphatic hydroxyl groups excluding tert-OH is 1. The van der Waals surface area contributed by atoms with Crippen molar-refractivity contribution in [2.24, 2.45) is 0 Å². The van der Waals surface area contributed by atoms with Crippen LogP contribution in [0.3, 0.4) is 0 Å². The molecule has 4 nitrogen and oxygen atoms in total. The number of piperazine rings is 1. The predicted molar refractivity (Wildman–Crippen MR) is 91.8 cm³/mol. The van der Waals surface area contributed by atoms with Crippen LogP contribution < -0.4 is 0 Å². The molecule has 128 valence electrons. The van der Waals surface area contributed by atoms with E-state index in [-0.39, 0.29) is 5.60 Å². The molecule has 2 aliphatic heterocycles. The van der Waals surface area contributed by atoms with Gasteiger partial charge in [0.1, 0.15) is 0 Å². The van der Waals surface area contributed by atoms with E-state index in [1.807, 2.05) is 20.8 Å². The molecular formula is C19H30N2O2. The first-order valence-electron chi connectivity index (χ1n) is 8.82. The Morgan fingerprint density at radius 2 is 1.74 bits per heavy atom. The molecule has 0 radical (unpaired) electrons. The highest BCUT2D eigenvalue weighted by Crippen LogP contribution is 2.32. The van der Waals surface area contributed by atoms with Gasteiger partial charge in [0.05, 0.1) is 5.60 Å². The van der Waals surface area contributed by atoms with Gasteiger partial charge in [-0.25, -0.2) is 4.90 Å². The zero-order valence-corrected chi connectivity index (χ0v) is 14.6. The fourth-order valence-corrected chi connectivity index (χ4v) is 3.94. The number of hydrogen-bond donors (Lipinski definition) is 1. The molecule has 0 aliphatic carbocycles. The van der Waals surface area contributed by atoms with Crippen LogP contribution in [0.15, 0.2) is 30.3 Å². The lowest BCUT2D eigenvalue weighted by molar-refractivity contribution is -0.273. The van der Waals surface area contributed by atoms with E-state index in [2.05, 4.69) is 40.1 Å². The van der Waals surface area contributed by atoms with Crippen LogP contribution in [0.25, 0.3) is 0 Å². The number of nitrogens with zero attached hydrogens (tertiary/aromatic N) is 2. The summed E-state index contributed by atoms with van der Waals surface area (Å²) in [5.41, 5.74) is 1.04. The summed E-state index contributed by atoms with van der Waals surface area (Å²) in [5, 5.41) is 10.6. The number of fused-ring (bicyclic) bond motifs is 2. The number of likely N-dealkylation sites (tertiary alicyclic amines) is 1. The van der Waals surface area contributed by atoms with Crippen molar-refractivity contribution in [2.75, 3.05) is 13.1 Å². The quantitative estimate of drug-likeness (QED) is 0.866. The molecule has 1 aromatic carbocycles. The van der Waals surface area contributed by atoms with E-state index in [1.54, 1.807) is 0 Å². The maximum absolute atomic E-state index is 10.6. The Balaban J connectivity index is 1.66. The van der Waals surface area contributed by atoms with Crippen molar-refractivity contribution in [2.45, 2.75) is 70.7 Å². The van der Waals surface area contributed by atoms with Gasteiger partial charge in [0.15, 0.2) is 0 Å². The summed E-state index contributed by atoms with van der Waals surface area (Å²) in [6.45, 7) is 9.01. The fraction of sp³-hybridized carbons (Fsp3) is 0.684. The molecule has 2 fully saturated rings. The molecule has 1 N–H and O–H groups in total. The lowest BCUT2D eigenvalue weighted by Crippen LogP contribution is -2.64. The molecule has 0 aromatic heterocycles. The van der Waals surface area contributed by atoms with Crippen LogP contribution in [0.4, 0.5) is 0 Å².